The van der Waals surface area contributed by atoms with Crippen molar-refractivity contribution >= 4 is 23.8 Å². The van der Waals surface area contributed by atoms with E-state index in [2.05, 4.69) is 4.99 Å². The zero-order valence-electron chi connectivity index (χ0n) is 9.51. The van der Waals surface area contributed by atoms with Crippen molar-refractivity contribution in [3.63, 3.8) is 0 Å². The number of hydrogen-bond donors (Lipinski definition) is 2. The number of benzene rings is 1. The quantitative estimate of drug-likeness (QED) is 0.783. The second-order valence-corrected chi connectivity index (χ2v) is 4.16. The molecule has 0 saturated carbocycles. The van der Waals surface area contributed by atoms with Crippen LogP contribution in [-0.2, 0) is 4.79 Å². The molecule has 1 rings (SSSR count). The van der Waals surface area contributed by atoms with E-state index in [1.54, 1.807) is 0 Å². The molecule has 0 aliphatic heterocycles. The van der Waals surface area contributed by atoms with Crippen LogP contribution in [0.25, 0.3) is 0 Å². The van der Waals surface area contributed by atoms with Crippen LogP contribution in [0.1, 0.15) is 18.4 Å². The molecule has 4 nitrogen and oxygen atoms in total. The molecule has 1 aromatic carbocycles. The monoisotopic (exact) mass is 273 g/mol. The van der Waals surface area contributed by atoms with Gasteiger partial charge in [0.2, 0.25) is 0 Å². The van der Waals surface area contributed by atoms with Gasteiger partial charge in [0.05, 0.1) is 6.04 Å². The van der Waals surface area contributed by atoms with Crippen LogP contribution in [0.15, 0.2) is 23.2 Å². The van der Waals surface area contributed by atoms with Crippen LogP contribution in [-0.4, -0.2) is 35.1 Å². The van der Waals surface area contributed by atoms with E-state index in [1.165, 1.54) is 24.4 Å². The maximum absolute atomic E-state index is 12.6. The van der Waals surface area contributed by atoms with Gasteiger partial charge in [-0.05, 0) is 24.6 Å². The molecule has 1 aromatic rings. The highest BCUT2D eigenvalue weighted by molar-refractivity contribution is 6.30. The van der Waals surface area contributed by atoms with E-state index in [0.717, 1.165) is 0 Å². The summed E-state index contributed by atoms with van der Waals surface area (Å²) in [7, 11) is 0. The smallest absolute Gasteiger partial charge is 0.303 e. The van der Waals surface area contributed by atoms with Gasteiger partial charge in [0.25, 0.3) is 0 Å². The second-order valence-electron chi connectivity index (χ2n) is 3.72. The molecule has 0 amide bonds. The van der Waals surface area contributed by atoms with Crippen LogP contribution in [0, 0.1) is 0 Å². The number of carboxylic acid groups (broad SMARTS) is 1. The second kappa shape index (κ2) is 6.96. The first-order valence-electron chi connectivity index (χ1n) is 5.32. The van der Waals surface area contributed by atoms with Gasteiger partial charge >= 0.3 is 5.97 Å². The lowest BCUT2D eigenvalue weighted by atomic mass is 10.1. The van der Waals surface area contributed by atoms with E-state index >= 15 is 0 Å². The number of nitrogens with zero attached hydrogens (tertiary/aromatic N) is 1. The molecule has 1 atom stereocenters. The summed E-state index contributed by atoms with van der Waals surface area (Å²) in [5.41, 5.74) is 0.372. The van der Waals surface area contributed by atoms with Gasteiger partial charge in [-0.25, -0.2) is 4.39 Å². The average Bonchev–Trinajstić information content (AvgIpc) is 2.33. The molecule has 0 aromatic heterocycles. The molecule has 98 valence electrons. The Morgan fingerprint density at radius 1 is 1.56 bits per heavy atom. The number of phenolic OH excluding ortho intramolecular Hbond substituents is 1. The molecule has 0 spiro atoms. The standard InChI is InChI=1S/C12H13ClFNO3/c13-9-1-3-11(16)8(5-9)7-15-10(6-14)2-4-12(17)18/h1,3,5,7,10,16H,2,4,6H2,(H,17,18)/b15-7+/t10-/m0/s1. The van der Waals surface area contributed by atoms with Gasteiger partial charge in [-0.3, -0.25) is 9.79 Å². The third-order valence-electron chi connectivity index (χ3n) is 2.28. The van der Waals surface area contributed by atoms with E-state index in [4.69, 9.17) is 16.7 Å². The number of alkyl halides is 1. The van der Waals surface area contributed by atoms with Crippen LogP contribution >= 0.6 is 11.6 Å². The SMILES string of the molecule is O=C(O)CC[C@@H](CF)/N=C/c1cc(Cl)ccc1O. The Kier molecular flexibility index (Phi) is 5.58. The van der Waals surface area contributed by atoms with Gasteiger partial charge in [-0.1, -0.05) is 11.6 Å². The van der Waals surface area contributed by atoms with Gasteiger partial charge in [0.15, 0.2) is 0 Å². The minimum absolute atomic E-state index is 0.0148. The Morgan fingerprint density at radius 2 is 2.28 bits per heavy atom. The van der Waals surface area contributed by atoms with Gasteiger partial charge < -0.3 is 10.2 Å². The summed E-state index contributed by atoms with van der Waals surface area (Å²) in [6.45, 7) is -0.745. The Bertz CT molecular complexity index is 451. The predicted octanol–water partition coefficient (Wildman–Crippen LogP) is 2.67. The summed E-state index contributed by atoms with van der Waals surface area (Å²) < 4.78 is 12.6. The van der Waals surface area contributed by atoms with Gasteiger partial charge in [-0.15, -0.1) is 0 Å². The van der Waals surface area contributed by atoms with Crippen LogP contribution in [0.4, 0.5) is 4.39 Å². The summed E-state index contributed by atoms with van der Waals surface area (Å²) in [4.78, 5) is 14.3. The molecule has 6 heteroatoms. The van der Waals surface area contributed by atoms with Crippen LogP contribution < -0.4 is 0 Å². The van der Waals surface area contributed by atoms with Gasteiger partial charge in [0, 0.05) is 23.2 Å². The summed E-state index contributed by atoms with van der Waals surface area (Å²) in [5.74, 6) is -1.01. The maximum Gasteiger partial charge on any atom is 0.303 e. The zero-order valence-corrected chi connectivity index (χ0v) is 10.3. The molecular weight excluding hydrogens is 261 g/mol. The van der Waals surface area contributed by atoms with Crippen LogP contribution in [0.5, 0.6) is 5.75 Å². The summed E-state index contributed by atoms with van der Waals surface area (Å²) in [6.07, 6.45) is 1.27. The van der Waals surface area contributed by atoms with E-state index < -0.39 is 18.7 Å². The normalized spacial score (nSPS) is 12.8. The lowest BCUT2D eigenvalue weighted by Crippen LogP contribution is -2.10. The fraction of sp³-hybridized carbons (Fsp3) is 0.333. The Labute approximate surface area is 109 Å². The topological polar surface area (TPSA) is 69.9 Å². The number of carbonyl (C=O) groups is 1. The number of phenols is 1. The van der Waals surface area contributed by atoms with E-state index in [0.29, 0.717) is 10.6 Å². The largest absolute Gasteiger partial charge is 0.507 e. The minimum atomic E-state index is -0.991. The van der Waals surface area contributed by atoms with Crippen molar-refractivity contribution in [3.8, 4) is 5.75 Å². The van der Waals surface area contributed by atoms with Crippen molar-refractivity contribution in [3.05, 3.63) is 28.8 Å². The fourth-order valence-corrected chi connectivity index (χ4v) is 1.48. The van der Waals surface area contributed by atoms with Crippen molar-refractivity contribution in [1.82, 2.24) is 0 Å². The molecular formula is C12H13ClFNO3. The van der Waals surface area contributed by atoms with Crippen molar-refractivity contribution < 1.29 is 19.4 Å². The molecule has 18 heavy (non-hydrogen) atoms. The van der Waals surface area contributed by atoms with Crippen LogP contribution in [0.2, 0.25) is 5.02 Å². The van der Waals surface area contributed by atoms with Gasteiger partial charge in [-0.2, -0.15) is 0 Å². The molecule has 0 heterocycles. The molecule has 0 fully saturated rings. The molecule has 0 aliphatic carbocycles. The van der Waals surface area contributed by atoms with Gasteiger partial charge in [0.1, 0.15) is 12.4 Å². The molecule has 0 saturated heterocycles. The third kappa shape index (κ3) is 4.71. The Balaban J connectivity index is 2.70. The van der Waals surface area contributed by atoms with Crippen molar-refractivity contribution in [2.24, 2.45) is 4.99 Å². The summed E-state index contributed by atoms with van der Waals surface area (Å²) in [6, 6.07) is 3.70. The minimum Gasteiger partial charge on any atom is -0.507 e. The fourth-order valence-electron chi connectivity index (χ4n) is 1.30. The number of carboxylic acids is 1. The number of hydrogen-bond acceptors (Lipinski definition) is 3. The van der Waals surface area contributed by atoms with E-state index in [-0.39, 0.29) is 18.6 Å². The third-order valence-corrected chi connectivity index (χ3v) is 2.52. The number of aliphatic carboxylic acids is 1. The Morgan fingerprint density at radius 3 is 2.89 bits per heavy atom. The number of aliphatic imine (C=N–C) groups is 1. The zero-order chi connectivity index (χ0) is 13.5. The highest BCUT2D eigenvalue weighted by Crippen LogP contribution is 2.20. The average molecular weight is 274 g/mol. The number of aromatic hydroxyl groups is 1. The molecule has 0 radical (unpaired) electrons. The molecule has 2 N–H and O–H groups in total. The first-order valence-corrected chi connectivity index (χ1v) is 5.70. The highest BCUT2D eigenvalue weighted by Gasteiger charge is 2.08. The van der Waals surface area contributed by atoms with Crippen LogP contribution in [0.3, 0.4) is 0 Å². The first-order chi connectivity index (χ1) is 8.52. The summed E-state index contributed by atoms with van der Waals surface area (Å²) in [5, 5.41) is 18.4. The predicted molar refractivity (Wildman–Crippen MR) is 67.3 cm³/mol. The highest BCUT2D eigenvalue weighted by atomic mass is 35.5. The van der Waals surface area contributed by atoms with E-state index in [9.17, 15) is 14.3 Å². The number of rotatable bonds is 6. The first kappa shape index (κ1) is 14.4. The van der Waals surface area contributed by atoms with Crippen molar-refractivity contribution in [2.75, 3.05) is 6.67 Å². The molecule has 0 bridgehead atoms. The molecule has 0 aliphatic rings. The lowest BCUT2D eigenvalue weighted by Gasteiger charge is -2.06. The Hall–Kier alpha value is -1.62. The van der Waals surface area contributed by atoms with E-state index in [1.807, 2.05) is 0 Å². The molecule has 0 unspecified atom stereocenters. The van der Waals surface area contributed by atoms with Crippen molar-refractivity contribution in [1.29, 1.82) is 0 Å². The lowest BCUT2D eigenvalue weighted by molar-refractivity contribution is -0.137. The van der Waals surface area contributed by atoms with Crippen molar-refractivity contribution in [2.45, 2.75) is 18.9 Å². The maximum atomic E-state index is 12.6. The summed E-state index contributed by atoms with van der Waals surface area (Å²) >= 11 is 5.74. The number of halogens is 2.